The second-order valence-electron chi connectivity index (χ2n) is 2.72. The molecule has 1 heterocycles. The van der Waals surface area contributed by atoms with Gasteiger partial charge in [0, 0.05) is 5.92 Å². The Balaban J connectivity index is 2.70. The lowest BCUT2D eigenvalue weighted by molar-refractivity contribution is -0.0327. The van der Waals surface area contributed by atoms with Crippen LogP contribution in [0.15, 0.2) is 10.4 Å². The third-order valence-corrected chi connectivity index (χ3v) is 3.34. The Hall–Kier alpha value is -0.230. The zero-order chi connectivity index (χ0) is 10.1. The third kappa shape index (κ3) is 3.56. The molecule has 0 N–H and O–H groups in total. The van der Waals surface area contributed by atoms with E-state index in [0.29, 0.717) is 0 Å². The van der Waals surface area contributed by atoms with E-state index in [2.05, 4.69) is 4.98 Å². The second kappa shape index (κ2) is 3.88. The molecule has 6 heteroatoms. The summed E-state index contributed by atoms with van der Waals surface area (Å²) in [5, 5.41) is 0.742. The maximum absolute atomic E-state index is 11.9. The molecule has 0 fully saturated rings. The first kappa shape index (κ1) is 10.8. The van der Waals surface area contributed by atoms with Gasteiger partial charge in [-0.1, -0.05) is 13.8 Å². The van der Waals surface area contributed by atoms with Crippen molar-refractivity contribution in [3.05, 3.63) is 11.2 Å². The Kier molecular flexibility index (Phi) is 3.23. The Morgan fingerprint density at radius 1 is 1.46 bits per heavy atom. The van der Waals surface area contributed by atoms with Crippen molar-refractivity contribution in [2.45, 2.75) is 29.5 Å². The molecule has 0 saturated carbocycles. The second-order valence-corrected chi connectivity index (χ2v) is 5.15. The third-order valence-electron chi connectivity index (χ3n) is 1.21. The normalized spacial score (nSPS) is 12.5. The van der Waals surface area contributed by atoms with Crippen molar-refractivity contribution in [3.63, 3.8) is 0 Å². The minimum Gasteiger partial charge on any atom is -0.248 e. The maximum Gasteiger partial charge on any atom is 0.447 e. The van der Waals surface area contributed by atoms with Crippen LogP contribution in [0.5, 0.6) is 0 Å². The summed E-state index contributed by atoms with van der Waals surface area (Å²) >= 11 is 0.995. The van der Waals surface area contributed by atoms with Crippen molar-refractivity contribution >= 4 is 23.1 Å². The van der Waals surface area contributed by atoms with Crippen LogP contribution in [0.3, 0.4) is 0 Å². The van der Waals surface area contributed by atoms with Gasteiger partial charge in [0.1, 0.15) is 0 Å². The molecule has 0 aromatic carbocycles. The van der Waals surface area contributed by atoms with Crippen molar-refractivity contribution in [1.29, 1.82) is 0 Å². The molecular weight excluding hydrogens is 219 g/mol. The van der Waals surface area contributed by atoms with E-state index in [0.717, 1.165) is 16.3 Å². The maximum atomic E-state index is 11.9. The predicted octanol–water partition coefficient (Wildman–Crippen LogP) is 3.88. The van der Waals surface area contributed by atoms with Gasteiger partial charge in [-0.25, -0.2) is 4.98 Å². The monoisotopic (exact) mass is 227 g/mol. The molecule has 0 aliphatic heterocycles. The van der Waals surface area contributed by atoms with E-state index >= 15 is 0 Å². The molecule has 0 atom stereocenters. The van der Waals surface area contributed by atoms with E-state index in [-0.39, 0.29) is 21.9 Å². The van der Waals surface area contributed by atoms with Gasteiger partial charge in [0.25, 0.3) is 0 Å². The van der Waals surface area contributed by atoms with E-state index in [4.69, 9.17) is 0 Å². The Morgan fingerprint density at radius 2 is 2.08 bits per heavy atom. The lowest BCUT2D eigenvalue weighted by Gasteiger charge is -2.01. The fourth-order valence-corrected chi connectivity index (χ4v) is 2.39. The number of hydrogen-bond donors (Lipinski definition) is 0. The van der Waals surface area contributed by atoms with Crippen LogP contribution >= 0.6 is 23.1 Å². The molecule has 0 bridgehead atoms. The van der Waals surface area contributed by atoms with Crippen molar-refractivity contribution < 1.29 is 13.2 Å². The molecule has 1 rings (SSSR count). The quantitative estimate of drug-likeness (QED) is 0.711. The Morgan fingerprint density at radius 3 is 2.46 bits per heavy atom. The Bertz CT molecular complexity index is 280. The van der Waals surface area contributed by atoms with Gasteiger partial charge in [0.05, 0.1) is 15.4 Å². The van der Waals surface area contributed by atoms with Crippen LogP contribution < -0.4 is 0 Å². The number of thiazole rings is 1. The molecule has 0 aliphatic rings. The van der Waals surface area contributed by atoms with Gasteiger partial charge in [-0.15, -0.1) is 11.3 Å². The van der Waals surface area contributed by atoms with Gasteiger partial charge < -0.3 is 0 Å². The van der Waals surface area contributed by atoms with Gasteiger partial charge in [-0.05, 0) is 11.8 Å². The predicted molar refractivity (Wildman–Crippen MR) is 48.1 cm³/mol. The van der Waals surface area contributed by atoms with Crippen molar-refractivity contribution in [1.82, 2.24) is 4.98 Å². The van der Waals surface area contributed by atoms with E-state index in [9.17, 15) is 13.2 Å². The molecule has 0 amide bonds. The molecule has 0 spiro atoms. The molecule has 0 radical (unpaired) electrons. The highest BCUT2D eigenvalue weighted by atomic mass is 32.2. The number of aromatic nitrogens is 1. The van der Waals surface area contributed by atoms with Crippen molar-refractivity contribution in [2.24, 2.45) is 0 Å². The van der Waals surface area contributed by atoms with Crippen molar-refractivity contribution in [2.75, 3.05) is 0 Å². The molecular formula is C7H8F3NS2. The highest BCUT2D eigenvalue weighted by molar-refractivity contribution is 8.01. The lowest BCUT2D eigenvalue weighted by Crippen LogP contribution is -1.97. The van der Waals surface area contributed by atoms with Crippen LogP contribution in [0.1, 0.15) is 24.8 Å². The molecule has 0 aliphatic carbocycles. The van der Waals surface area contributed by atoms with E-state index in [1.54, 1.807) is 0 Å². The summed E-state index contributed by atoms with van der Waals surface area (Å²) in [6, 6.07) is 0. The average molecular weight is 227 g/mol. The fourth-order valence-electron chi connectivity index (χ4n) is 0.700. The molecule has 0 saturated heterocycles. The van der Waals surface area contributed by atoms with E-state index < -0.39 is 5.51 Å². The van der Waals surface area contributed by atoms with Gasteiger partial charge in [-0.3, -0.25) is 0 Å². The zero-order valence-corrected chi connectivity index (χ0v) is 8.69. The smallest absolute Gasteiger partial charge is 0.248 e. The molecule has 13 heavy (non-hydrogen) atoms. The molecule has 0 unspecified atom stereocenters. The molecule has 1 aromatic heterocycles. The van der Waals surface area contributed by atoms with Gasteiger partial charge >= 0.3 is 5.51 Å². The van der Waals surface area contributed by atoms with Gasteiger partial charge in [-0.2, -0.15) is 13.2 Å². The van der Waals surface area contributed by atoms with Gasteiger partial charge in [0.15, 0.2) is 0 Å². The highest BCUT2D eigenvalue weighted by Crippen LogP contribution is 2.40. The lowest BCUT2D eigenvalue weighted by atomic mass is 10.2. The molecule has 1 nitrogen and oxygen atoms in total. The summed E-state index contributed by atoms with van der Waals surface area (Å²) in [4.78, 5) is 3.90. The van der Waals surface area contributed by atoms with E-state index in [1.807, 2.05) is 13.8 Å². The summed E-state index contributed by atoms with van der Waals surface area (Å²) in [5.41, 5.74) is -4.21. The summed E-state index contributed by atoms with van der Waals surface area (Å²) in [7, 11) is 0. The first-order chi connectivity index (χ1) is 5.88. The summed E-state index contributed by atoms with van der Waals surface area (Å²) in [5.74, 6) is 0.188. The summed E-state index contributed by atoms with van der Waals surface area (Å²) < 4.78 is 35.9. The summed E-state index contributed by atoms with van der Waals surface area (Å²) in [6.07, 6.45) is 1.28. The zero-order valence-electron chi connectivity index (χ0n) is 7.05. The minimum atomic E-state index is -4.21. The average Bonchev–Trinajstić information content (AvgIpc) is 2.31. The van der Waals surface area contributed by atoms with Crippen LogP contribution in [0.25, 0.3) is 0 Å². The first-order valence-electron chi connectivity index (χ1n) is 3.60. The molecule has 1 aromatic rings. The molecule has 74 valence electrons. The van der Waals surface area contributed by atoms with Crippen molar-refractivity contribution in [3.8, 4) is 0 Å². The topological polar surface area (TPSA) is 12.9 Å². The number of rotatable bonds is 2. The van der Waals surface area contributed by atoms with E-state index in [1.165, 1.54) is 6.20 Å². The largest absolute Gasteiger partial charge is 0.447 e. The number of thioether (sulfide) groups is 1. The van der Waals surface area contributed by atoms with Crippen LogP contribution in [0, 0.1) is 0 Å². The minimum absolute atomic E-state index is 0.105. The van der Waals surface area contributed by atoms with Crippen LogP contribution in [-0.2, 0) is 0 Å². The van der Waals surface area contributed by atoms with Crippen LogP contribution in [0.2, 0.25) is 0 Å². The number of alkyl halides is 3. The number of hydrogen-bond acceptors (Lipinski definition) is 3. The number of halogens is 3. The first-order valence-corrected chi connectivity index (χ1v) is 5.23. The number of nitrogens with zero attached hydrogens (tertiary/aromatic N) is 1. The highest BCUT2D eigenvalue weighted by Gasteiger charge is 2.30. The summed E-state index contributed by atoms with van der Waals surface area (Å²) in [6.45, 7) is 3.81. The van der Waals surface area contributed by atoms with Crippen LogP contribution in [-0.4, -0.2) is 10.5 Å². The Labute approximate surface area is 82.4 Å². The fraction of sp³-hybridized carbons (Fsp3) is 0.571. The SMILES string of the molecule is CC(C)c1ncc(SC(F)(F)F)s1. The standard InChI is InChI=1S/C7H8F3NS2/c1-4(2)6-11-3-5(12-6)13-7(8,9)10/h3-4H,1-2H3. The van der Waals surface area contributed by atoms with Gasteiger partial charge in [0.2, 0.25) is 0 Å². The van der Waals surface area contributed by atoms with Crippen LogP contribution in [0.4, 0.5) is 13.2 Å².